The minimum atomic E-state index is -1.27. The molecule has 4 fully saturated rings. The van der Waals surface area contributed by atoms with Gasteiger partial charge in [-0.15, -0.1) is 0 Å². The van der Waals surface area contributed by atoms with Gasteiger partial charge in [0.15, 0.2) is 0 Å². The maximum Gasteiger partial charge on any atom is 0.274 e. The Morgan fingerprint density at radius 3 is 2.37 bits per heavy atom. The Morgan fingerprint density at radius 1 is 0.968 bits per heavy atom. The first-order valence-electron chi connectivity index (χ1n) is 21.2. The molecule has 62 heavy (non-hydrogen) atoms. The second-order valence-corrected chi connectivity index (χ2v) is 17.7. The minimum Gasteiger partial charge on any atom is -0.386 e. The molecule has 1 aliphatic carbocycles. The molecule has 5 aromatic rings. The predicted molar refractivity (Wildman–Crippen MR) is 226 cm³/mol. The molecule has 4 amide bonds. The van der Waals surface area contributed by atoms with E-state index < -0.39 is 40.9 Å². The number of hydrogen-bond donors (Lipinski definition) is 3. The van der Waals surface area contributed by atoms with Gasteiger partial charge in [0.25, 0.3) is 5.91 Å². The Labute approximate surface area is 356 Å². The van der Waals surface area contributed by atoms with Crippen molar-refractivity contribution in [3.8, 4) is 0 Å². The standard InChI is InChI=1S/C45H48F2N10O5/c1-25-21-53(13-14-55(25)44(61)27-22-54(23-27)32-17-35(46)41(36(47)18-32)33-10-12-40(58)51-42(33)59)29-5-7-30(8-6-29)56-24-26-15-38(34(45(2,3)62)19-37(26)52-56)50-43(60)39-11-9-31-16-28(48-4)20-49-57(31)39/h9,11,15-20,24-25,27,29-30,33,62H,5-8,10,12-14,21-23H2,1-3H3,(H,50,60)(H,51,58,59)/t25-,29?,30?,33-/m1/s1. The molecule has 3 aliphatic heterocycles. The average molecular weight is 847 g/mol. The molecule has 0 bridgehead atoms. The van der Waals surface area contributed by atoms with Gasteiger partial charge in [-0.1, -0.05) is 0 Å². The van der Waals surface area contributed by atoms with Gasteiger partial charge in [0, 0.05) is 85.3 Å². The number of hydrogen-bond acceptors (Lipinski definition) is 9. The van der Waals surface area contributed by atoms with E-state index in [1.807, 2.05) is 27.9 Å². The van der Waals surface area contributed by atoms with Gasteiger partial charge in [0.2, 0.25) is 23.4 Å². The number of benzene rings is 2. The summed E-state index contributed by atoms with van der Waals surface area (Å²) in [7, 11) is 0. The first-order valence-corrected chi connectivity index (χ1v) is 21.2. The highest BCUT2D eigenvalue weighted by Gasteiger charge is 2.41. The van der Waals surface area contributed by atoms with E-state index in [0.29, 0.717) is 59.5 Å². The van der Waals surface area contributed by atoms with Gasteiger partial charge in [0.1, 0.15) is 17.3 Å². The monoisotopic (exact) mass is 846 g/mol. The third kappa shape index (κ3) is 7.66. The normalized spacial score (nSPS) is 22.7. The molecule has 15 nitrogen and oxygen atoms in total. The Kier molecular flexibility index (Phi) is 10.5. The van der Waals surface area contributed by atoms with Crippen LogP contribution >= 0.6 is 0 Å². The van der Waals surface area contributed by atoms with E-state index in [-0.39, 0.29) is 42.3 Å². The van der Waals surface area contributed by atoms with E-state index >= 15 is 8.78 Å². The van der Waals surface area contributed by atoms with Crippen LogP contribution in [0.1, 0.15) is 92.9 Å². The summed E-state index contributed by atoms with van der Waals surface area (Å²) >= 11 is 0. The fourth-order valence-electron chi connectivity index (χ4n) is 9.76. The lowest BCUT2D eigenvalue weighted by molar-refractivity contribution is -0.141. The number of amides is 4. The van der Waals surface area contributed by atoms with Gasteiger partial charge in [-0.05, 0) is 95.3 Å². The summed E-state index contributed by atoms with van der Waals surface area (Å²) in [6, 6.07) is 11.7. The third-order valence-electron chi connectivity index (χ3n) is 13.2. The number of imide groups is 1. The molecule has 6 heterocycles. The molecular formula is C45H48F2N10O5. The largest absolute Gasteiger partial charge is 0.386 e. The van der Waals surface area contributed by atoms with Crippen LogP contribution in [0.2, 0.25) is 0 Å². The van der Waals surface area contributed by atoms with Gasteiger partial charge in [-0.3, -0.25) is 34.1 Å². The van der Waals surface area contributed by atoms with Crippen LogP contribution in [-0.4, -0.2) is 103 Å². The smallest absolute Gasteiger partial charge is 0.274 e. The summed E-state index contributed by atoms with van der Waals surface area (Å²) in [4.78, 5) is 60.6. The zero-order valence-corrected chi connectivity index (χ0v) is 34.8. The summed E-state index contributed by atoms with van der Waals surface area (Å²) in [6.07, 6.45) is 7.28. The number of piperidine rings is 1. The number of nitrogens with zero attached hydrogens (tertiary/aromatic N) is 8. The van der Waals surface area contributed by atoms with Crippen molar-refractivity contribution in [1.29, 1.82) is 0 Å². The van der Waals surface area contributed by atoms with E-state index in [9.17, 15) is 24.3 Å². The number of carbonyl (C=O) groups is 4. The van der Waals surface area contributed by atoms with Gasteiger partial charge in [-0.25, -0.2) is 18.1 Å². The summed E-state index contributed by atoms with van der Waals surface area (Å²) < 4.78 is 33.8. The molecule has 1 saturated carbocycles. The molecule has 17 heteroatoms. The van der Waals surface area contributed by atoms with Crippen molar-refractivity contribution >= 4 is 57.1 Å². The topological polar surface area (TPSA) is 162 Å². The van der Waals surface area contributed by atoms with Crippen LogP contribution in [-0.2, 0) is 20.0 Å². The number of aromatic nitrogens is 4. The van der Waals surface area contributed by atoms with Gasteiger partial charge in [-0.2, -0.15) is 10.2 Å². The second-order valence-electron chi connectivity index (χ2n) is 17.7. The van der Waals surface area contributed by atoms with Crippen molar-refractivity contribution in [1.82, 2.24) is 34.5 Å². The summed E-state index contributed by atoms with van der Waals surface area (Å²) in [6.45, 7) is 15.5. The van der Waals surface area contributed by atoms with Crippen LogP contribution in [0.25, 0.3) is 21.3 Å². The number of nitrogens with one attached hydrogen (secondary N) is 2. The van der Waals surface area contributed by atoms with Gasteiger partial charge in [0.05, 0.1) is 47.3 Å². The van der Waals surface area contributed by atoms with Crippen molar-refractivity contribution in [3.63, 3.8) is 0 Å². The molecule has 3 aromatic heterocycles. The van der Waals surface area contributed by atoms with Crippen LogP contribution < -0.4 is 15.5 Å². The first kappa shape index (κ1) is 41.1. The van der Waals surface area contributed by atoms with Gasteiger partial charge < -0.3 is 20.2 Å². The fourth-order valence-corrected chi connectivity index (χ4v) is 9.76. The first-order chi connectivity index (χ1) is 29.6. The van der Waals surface area contributed by atoms with E-state index in [4.69, 9.17) is 11.7 Å². The van der Waals surface area contributed by atoms with E-state index in [0.717, 1.165) is 49.7 Å². The van der Waals surface area contributed by atoms with Crippen molar-refractivity contribution in [2.45, 2.75) is 88.9 Å². The highest BCUT2D eigenvalue weighted by atomic mass is 19.1. The second kappa shape index (κ2) is 15.9. The lowest BCUT2D eigenvalue weighted by Crippen LogP contribution is -2.61. The van der Waals surface area contributed by atoms with Gasteiger partial charge >= 0.3 is 0 Å². The van der Waals surface area contributed by atoms with Crippen LogP contribution in [0.3, 0.4) is 0 Å². The Hall–Kier alpha value is -6.25. The summed E-state index contributed by atoms with van der Waals surface area (Å²) in [5.41, 5.74) is 1.73. The average Bonchev–Trinajstić information content (AvgIpc) is 3.84. The molecule has 4 aliphatic rings. The van der Waals surface area contributed by atoms with Crippen LogP contribution in [0, 0.1) is 24.1 Å². The third-order valence-corrected chi connectivity index (χ3v) is 13.2. The number of fused-ring (bicyclic) bond motifs is 2. The predicted octanol–water partition coefficient (Wildman–Crippen LogP) is 5.67. The van der Waals surface area contributed by atoms with Crippen molar-refractivity contribution in [3.05, 3.63) is 94.7 Å². The highest BCUT2D eigenvalue weighted by Crippen LogP contribution is 2.38. The summed E-state index contributed by atoms with van der Waals surface area (Å²) in [5, 5.41) is 26.3. The lowest BCUT2D eigenvalue weighted by atomic mass is 9.88. The number of rotatable bonds is 8. The number of halogens is 2. The zero-order valence-electron chi connectivity index (χ0n) is 34.8. The Bertz CT molecular complexity index is 2650. The number of aliphatic hydroxyl groups is 1. The maximum atomic E-state index is 15.2. The molecule has 322 valence electrons. The van der Waals surface area contributed by atoms with Crippen molar-refractivity contribution in [2.75, 3.05) is 42.9 Å². The van der Waals surface area contributed by atoms with E-state index in [2.05, 4.69) is 32.4 Å². The fraction of sp³-hybridized carbons (Fsp3) is 0.444. The van der Waals surface area contributed by atoms with Crippen LogP contribution in [0.15, 0.2) is 54.9 Å². The highest BCUT2D eigenvalue weighted by molar-refractivity contribution is 6.05. The molecule has 2 atom stereocenters. The van der Waals surface area contributed by atoms with Crippen molar-refractivity contribution in [2.24, 2.45) is 5.92 Å². The van der Waals surface area contributed by atoms with Crippen LogP contribution in [0.5, 0.6) is 0 Å². The maximum absolute atomic E-state index is 15.2. The molecule has 0 spiro atoms. The molecule has 9 rings (SSSR count). The molecule has 3 saturated heterocycles. The Morgan fingerprint density at radius 2 is 1.69 bits per heavy atom. The molecular weight excluding hydrogens is 799 g/mol. The lowest BCUT2D eigenvalue weighted by Gasteiger charge is -2.48. The quantitative estimate of drug-likeness (QED) is 0.132. The molecule has 0 unspecified atom stereocenters. The zero-order chi connectivity index (χ0) is 43.6. The molecule has 0 radical (unpaired) electrons. The van der Waals surface area contributed by atoms with E-state index in [1.54, 1.807) is 36.9 Å². The summed E-state index contributed by atoms with van der Waals surface area (Å²) in [5.74, 6) is -4.52. The molecule has 2 aromatic carbocycles. The number of anilines is 2. The van der Waals surface area contributed by atoms with Crippen LogP contribution in [0.4, 0.5) is 25.8 Å². The number of piperazine rings is 1. The number of carbonyl (C=O) groups excluding carboxylic acids is 4. The Balaban J connectivity index is 0.791. The molecule has 3 N–H and O–H groups in total. The van der Waals surface area contributed by atoms with Crippen molar-refractivity contribution < 1.29 is 33.1 Å². The SMILES string of the molecule is [C-]#[N+]c1cnn2c(C(=O)Nc3cc4cn(C5CCC(N6CCN(C(=O)C7CN(c8cc(F)c([C@H]9CCC(=O)NC9=O)c(F)c8)C7)[C@H](C)C6)CC5)nc4cc3C(C)(C)O)ccc2c1. The minimum absolute atomic E-state index is 0.00648. The van der Waals surface area contributed by atoms with E-state index in [1.165, 1.54) is 22.8 Å².